The zero-order valence-electron chi connectivity index (χ0n) is 12.9. The number of carbonyl (C=O) groups excluding carboxylic acids is 1. The summed E-state index contributed by atoms with van der Waals surface area (Å²) in [6.07, 6.45) is 3.79. The molecule has 0 radical (unpaired) electrons. The lowest BCUT2D eigenvalue weighted by Crippen LogP contribution is -2.30. The molecule has 2 saturated heterocycles. The first-order chi connectivity index (χ1) is 11.0. The summed E-state index contributed by atoms with van der Waals surface area (Å²) in [6.45, 7) is 3.65. The van der Waals surface area contributed by atoms with Crippen LogP contribution < -0.4 is 0 Å². The summed E-state index contributed by atoms with van der Waals surface area (Å²) < 4.78 is 19.4. The lowest BCUT2D eigenvalue weighted by molar-refractivity contribution is -0.194. The van der Waals surface area contributed by atoms with Crippen LogP contribution in [-0.4, -0.2) is 56.2 Å². The van der Waals surface area contributed by atoms with Crippen molar-refractivity contribution in [3.63, 3.8) is 0 Å². The molecule has 0 saturated carbocycles. The van der Waals surface area contributed by atoms with Crippen molar-refractivity contribution in [1.29, 1.82) is 0 Å². The minimum atomic E-state index is -0.756. The number of imidazole rings is 1. The number of aldehydes is 1. The maximum absolute atomic E-state index is 11.3. The molecule has 0 spiro atoms. The molecule has 23 heavy (non-hydrogen) atoms. The third-order valence-corrected chi connectivity index (χ3v) is 4.68. The highest BCUT2D eigenvalue weighted by atomic mass is 32.2. The Kier molecular flexibility index (Phi) is 3.41. The van der Waals surface area contributed by atoms with Gasteiger partial charge in [0.05, 0.1) is 6.33 Å². The molecule has 0 aliphatic carbocycles. The summed E-state index contributed by atoms with van der Waals surface area (Å²) in [7, 11) is 0. The first kappa shape index (κ1) is 15.0. The molecule has 2 aromatic rings. The third-order valence-electron chi connectivity index (χ3n) is 3.99. The van der Waals surface area contributed by atoms with Crippen LogP contribution in [0.15, 0.2) is 17.7 Å². The van der Waals surface area contributed by atoms with Crippen LogP contribution >= 0.6 is 11.8 Å². The second-order valence-corrected chi connectivity index (χ2v) is 6.69. The molecule has 0 aromatic carbocycles. The van der Waals surface area contributed by atoms with Crippen molar-refractivity contribution in [2.24, 2.45) is 0 Å². The normalized spacial score (nSPS) is 32.3. The Labute approximate surface area is 136 Å². The Morgan fingerprint density at radius 3 is 2.78 bits per heavy atom. The maximum Gasteiger partial charge on any atom is 0.166 e. The second-order valence-electron chi connectivity index (χ2n) is 5.90. The van der Waals surface area contributed by atoms with E-state index in [-0.39, 0.29) is 0 Å². The second kappa shape index (κ2) is 5.23. The van der Waals surface area contributed by atoms with E-state index < -0.39 is 30.3 Å². The summed E-state index contributed by atoms with van der Waals surface area (Å²) in [5.41, 5.74) is 1.35. The molecule has 0 amide bonds. The Hall–Kier alpha value is -1.55. The summed E-state index contributed by atoms with van der Waals surface area (Å²) in [4.78, 5) is 24.2. The molecule has 9 heteroatoms. The lowest BCUT2D eigenvalue weighted by atomic mass is 10.1. The minimum Gasteiger partial charge on any atom is -0.341 e. The summed E-state index contributed by atoms with van der Waals surface area (Å²) >= 11 is 1.50. The van der Waals surface area contributed by atoms with Crippen LogP contribution in [0.3, 0.4) is 0 Å². The zero-order valence-corrected chi connectivity index (χ0v) is 13.7. The molecule has 4 rings (SSSR count). The van der Waals surface area contributed by atoms with Gasteiger partial charge in [-0.3, -0.25) is 4.57 Å². The van der Waals surface area contributed by atoms with Gasteiger partial charge in [0.2, 0.25) is 0 Å². The summed E-state index contributed by atoms with van der Waals surface area (Å²) in [5.74, 6) is -0.756. The third kappa shape index (κ3) is 2.26. The number of carbonyl (C=O) groups is 1. The van der Waals surface area contributed by atoms with Crippen LogP contribution in [0.5, 0.6) is 0 Å². The molecule has 2 aromatic heterocycles. The van der Waals surface area contributed by atoms with Crippen LogP contribution in [0.4, 0.5) is 0 Å². The number of ether oxygens (including phenoxy) is 3. The van der Waals surface area contributed by atoms with Gasteiger partial charge >= 0.3 is 0 Å². The molecule has 4 heterocycles. The van der Waals surface area contributed by atoms with Crippen LogP contribution in [0.25, 0.3) is 11.2 Å². The van der Waals surface area contributed by atoms with Gasteiger partial charge in [0.25, 0.3) is 0 Å². The molecule has 2 aliphatic heterocycles. The fourth-order valence-corrected chi connectivity index (χ4v) is 3.60. The smallest absolute Gasteiger partial charge is 0.166 e. The Balaban J connectivity index is 1.77. The van der Waals surface area contributed by atoms with Crippen molar-refractivity contribution in [2.75, 3.05) is 6.26 Å². The van der Waals surface area contributed by atoms with E-state index in [1.807, 2.05) is 20.1 Å². The van der Waals surface area contributed by atoms with Gasteiger partial charge in [-0.1, -0.05) is 0 Å². The predicted octanol–water partition coefficient (Wildman–Crippen LogP) is 1.16. The SMILES string of the molecule is CSc1ncnc2c1ncn2[C@@H]1O[C@H](C=O)[C@H]2OC(C)(C)O[C@H]21. The Morgan fingerprint density at radius 2 is 2.04 bits per heavy atom. The standard InChI is InChI=1S/C14H16N4O4S/c1-14(2)21-9-7(4-19)20-13(10(9)22-14)18-6-17-8-11(18)15-5-16-12(8)23-3/h4-7,9-10,13H,1-3H3/t7-,9-,10-,13-/m1/s1. The van der Waals surface area contributed by atoms with E-state index in [9.17, 15) is 4.79 Å². The van der Waals surface area contributed by atoms with Gasteiger partial charge in [0, 0.05) is 0 Å². The fourth-order valence-electron chi connectivity index (χ4n) is 3.11. The average Bonchev–Trinajstić information content (AvgIpc) is 3.17. The highest BCUT2D eigenvalue weighted by molar-refractivity contribution is 7.98. The Bertz CT molecular complexity index is 764. The van der Waals surface area contributed by atoms with Gasteiger partial charge in [0.1, 0.15) is 35.2 Å². The number of hydrogen-bond donors (Lipinski definition) is 0. The van der Waals surface area contributed by atoms with Crippen molar-refractivity contribution >= 4 is 29.2 Å². The van der Waals surface area contributed by atoms with Gasteiger partial charge in [0.15, 0.2) is 23.9 Å². The van der Waals surface area contributed by atoms with E-state index >= 15 is 0 Å². The summed E-state index contributed by atoms with van der Waals surface area (Å²) in [6, 6.07) is 0. The highest BCUT2D eigenvalue weighted by Gasteiger charge is 2.56. The van der Waals surface area contributed by atoms with Crippen molar-refractivity contribution < 1.29 is 19.0 Å². The molecular formula is C14H16N4O4S. The van der Waals surface area contributed by atoms with E-state index in [4.69, 9.17) is 14.2 Å². The average molecular weight is 336 g/mol. The van der Waals surface area contributed by atoms with E-state index in [1.54, 1.807) is 10.9 Å². The van der Waals surface area contributed by atoms with Crippen molar-refractivity contribution in [1.82, 2.24) is 19.5 Å². The maximum atomic E-state index is 11.3. The first-order valence-corrected chi connectivity index (χ1v) is 8.44. The van der Waals surface area contributed by atoms with Gasteiger partial charge < -0.3 is 19.0 Å². The van der Waals surface area contributed by atoms with Gasteiger partial charge in [-0.2, -0.15) is 0 Å². The molecule has 2 fully saturated rings. The number of aromatic nitrogens is 4. The molecular weight excluding hydrogens is 320 g/mol. The molecule has 0 N–H and O–H groups in total. The van der Waals surface area contributed by atoms with E-state index in [1.165, 1.54) is 18.1 Å². The first-order valence-electron chi connectivity index (χ1n) is 7.22. The monoisotopic (exact) mass is 336 g/mol. The van der Waals surface area contributed by atoms with Gasteiger partial charge in [-0.15, -0.1) is 11.8 Å². The summed E-state index contributed by atoms with van der Waals surface area (Å²) in [5, 5.41) is 0.791. The van der Waals surface area contributed by atoms with Gasteiger partial charge in [-0.05, 0) is 20.1 Å². The fraction of sp³-hybridized carbons (Fsp3) is 0.571. The molecule has 0 bridgehead atoms. The van der Waals surface area contributed by atoms with Gasteiger partial charge in [-0.25, -0.2) is 15.0 Å². The number of hydrogen-bond acceptors (Lipinski definition) is 8. The van der Waals surface area contributed by atoms with Crippen molar-refractivity contribution in [2.45, 2.75) is 49.2 Å². The predicted molar refractivity (Wildman–Crippen MR) is 80.9 cm³/mol. The van der Waals surface area contributed by atoms with E-state index in [0.717, 1.165) is 11.3 Å². The van der Waals surface area contributed by atoms with Crippen molar-refractivity contribution in [3.8, 4) is 0 Å². The molecule has 8 nitrogen and oxygen atoms in total. The van der Waals surface area contributed by atoms with Crippen LogP contribution in [0.1, 0.15) is 20.1 Å². The minimum absolute atomic E-state index is 0.398. The highest BCUT2D eigenvalue weighted by Crippen LogP contribution is 2.43. The zero-order chi connectivity index (χ0) is 16.2. The lowest BCUT2D eigenvalue weighted by Gasteiger charge is -2.23. The molecule has 0 unspecified atom stereocenters. The van der Waals surface area contributed by atoms with Crippen LogP contribution in [0, 0.1) is 0 Å². The van der Waals surface area contributed by atoms with Crippen molar-refractivity contribution in [3.05, 3.63) is 12.7 Å². The topological polar surface area (TPSA) is 88.4 Å². The quantitative estimate of drug-likeness (QED) is 0.469. The number of thioether (sulfide) groups is 1. The van der Waals surface area contributed by atoms with E-state index in [2.05, 4.69) is 15.0 Å². The van der Waals surface area contributed by atoms with Crippen LogP contribution in [0.2, 0.25) is 0 Å². The van der Waals surface area contributed by atoms with Crippen LogP contribution in [-0.2, 0) is 19.0 Å². The molecule has 122 valence electrons. The number of rotatable bonds is 3. The molecule has 2 aliphatic rings. The number of nitrogens with zero attached hydrogens (tertiary/aromatic N) is 4. The van der Waals surface area contributed by atoms with E-state index in [0.29, 0.717) is 11.2 Å². The Morgan fingerprint density at radius 1 is 1.26 bits per heavy atom. The largest absolute Gasteiger partial charge is 0.341 e. The number of fused-ring (bicyclic) bond motifs is 2. The molecule has 4 atom stereocenters.